The van der Waals surface area contributed by atoms with E-state index in [4.69, 9.17) is 0 Å². The first-order chi connectivity index (χ1) is 27.6. The summed E-state index contributed by atoms with van der Waals surface area (Å²) in [7, 11) is 0. The van der Waals surface area contributed by atoms with Gasteiger partial charge in [0.1, 0.15) is 0 Å². The Balaban J connectivity index is 0.000000277. The number of benzene rings is 6. The maximum Gasteiger partial charge on any atom is 0.0165 e. The first kappa shape index (κ1) is 37.9. The minimum Gasteiger partial charge on any atom is -0.0909 e. The molecule has 1 unspecified atom stereocenters. The van der Waals surface area contributed by atoms with E-state index in [2.05, 4.69) is 187 Å². The molecule has 0 aliphatic heterocycles. The summed E-state index contributed by atoms with van der Waals surface area (Å²) in [6.45, 7) is 17.9. The molecule has 0 N–H and O–H groups in total. The minimum atomic E-state index is -0.101. The monoisotopic (exact) mass is 738 g/mol. The molecule has 1 atom stereocenters. The molecule has 0 fully saturated rings. The molecule has 0 spiro atoms. The number of rotatable bonds is 7. The van der Waals surface area contributed by atoms with E-state index in [1.807, 2.05) is 37.3 Å². The topological polar surface area (TPSA) is 0 Å². The predicted molar refractivity (Wildman–Crippen MR) is 246 cm³/mol. The lowest BCUT2D eigenvalue weighted by atomic mass is 9.74. The standard InChI is InChI=1S/C43H38.C14H16/c1-42(2)38-18-12-11-17-33(38)34-21-19-28(24-39(34)42)23-29-20-22-35-37-27-32(30-13-7-5-8-14-30)26-36(31-15-9-6-10-16-31)41(37)43(3,4)40(35)25-29;1-4-5-9-12(2)13(3)14-10-7-6-8-11-14/h5-17,19-22,24-27,38H,18,23H2,1-4H3;4-11H,3H2,1-2H3/b;5-4-,12-9-. The SMILES string of the molecule is C=C(/C(C)=C\C=C/C)c1ccccc1.CC1(C)c2cc(Cc3ccc4c(c3)C(C)(C)C3CC=CC=C43)ccc2-c2cc(-c3ccccc3)cc(-c3ccccc3)c21. The highest BCUT2D eigenvalue weighted by atomic mass is 14.5. The van der Waals surface area contributed by atoms with Gasteiger partial charge < -0.3 is 0 Å². The van der Waals surface area contributed by atoms with Crippen LogP contribution in [-0.4, -0.2) is 0 Å². The molecule has 9 rings (SSSR count). The van der Waals surface area contributed by atoms with E-state index in [1.54, 1.807) is 0 Å². The molecule has 0 bridgehead atoms. The quantitative estimate of drug-likeness (QED) is 0.143. The normalized spacial score (nSPS) is 16.8. The number of fused-ring (bicyclic) bond motifs is 6. The molecule has 282 valence electrons. The van der Waals surface area contributed by atoms with Crippen LogP contribution >= 0.6 is 0 Å². The maximum atomic E-state index is 4.08. The van der Waals surface area contributed by atoms with Gasteiger partial charge in [-0.15, -0.1) is 0 Å². The van der Waals surface area contributed by atoms with Gasteiger partial charge in [-0.05, 0) is 139 Å². The van der Waals surface area contributed by atoms with Crippen LogP contribution in [0.25, 0.3) is 44.5 Å². The van der Waals surface area contributed by atoms with Gasteiger partial charge in [-0.25, -0.2) is 0 Å². The average molecular weight is 739 g/mol. The smallest absolute Gasteiger partial charge is 0.0165 e. The van der Waals surface area contributed by atoms with Crippen molar-refractivity contribution < 1.29 is 0 Å². The fourth-order valence-corrected chi connectivity index (χ4v) is 9.47. The summed E-state index contributed by atoms with van der Waals surface area (Å²) in [5.74, 6) is 0.585. The molecular formula is C57H54. The molecule has 0 amide bonds. The van der Waals surface area contributed by atoms with Crippen LogP contribution in [-0.2, 0) is 17.3 Å². The molecule has 0 heterocycles. The van der Waals surface area contributed by atoms with Gasteiger partial charge in [0.05, 0.1) is 0 Å². The summed E-state index contributed by atoms with van der Waals surface area (Å²) in [5.41, 5.74) is 21.6. The second kappa shape index (κ2) is 15.5. The molecule has 0 saturated heterocycles. The van der Waals surface area contributed by atoms with E-state index >= 15 is 0 Å². The van der Waals surface area contributed by atoms with Gasteiger partial charge in [-0.1, -0.05) is 198 Å². The minimum absolute atomic E-state index is 0.101. The summed E-state index contributed by atoms with van der Waals surface area (Å²) < 4.78 is 0. The van der Waals surface area contributed by atoms with Crippen LogP contribution in [0.2, 0.25) is 0 Å². The zero-order valence-corrected chi connectivity index (χ0v) is 34.4. The van der Waals surface area contributed by atoms with Crippen molar-refractivity contribution >= 4 is 11.1 Å². The van der Waals surface area contributed by atoms with Crippen molar-refractivity contribution in [2.75, 3.05) is 0 Å². The number of hydrogen-bond acceptors (Lipinski definition) is 0. The van der Waals surface area contributed by atoms with E-state index in [1.165, 1.54) is 83.5 Å². The van der Waals surface area contributed by atoms with Crippen molar-refractivity contribution in [1.82, 2.24) is 0 Å². The largest absolute Gasteiger partial charge is 0.0909 e. The van der Waals surface area contributed by atoms with Gasteiger partial charge in [0.15, 0.2) is 0 Å². The highest BCUT2D eigenvalue weighted by Gasteiger charge is 2.43. The maximum absolute atomic E-state index is 4.08. The second-order valence-electron chi connectivity index (χ2n) is 17.0. The summed E-state index contributed by atoms with van der Waals surface area (Å²) in [6.07, 6.45) is 15.1. The lowest BCUT2D eigenvalue weighted by molar-refractivity contribution is 0.414. The van der Waals surface area contributed by atoms with Gasteiger partial charge in [0, 0.05) is 5.41 Å². The third-order valence-electron chi connectivity index (χ3n) is 12.7. The molecule has 6 aromatic rings. The van der Waals surface area contributed by atoms with Crippen molar-refractivity contribution in [3.63, 3.8) is 0 Å². The number of hydrogen-bond donors (Lipinski definition) is 0. The zero-order valence-electron chi connectivity index (χ0n) is 34.4. The lowest BCUT2D eigenvalue weighted by Gasteiger charge is -2.29. The Hall–Kier alpha value is -5.98. The van der Waals surface area contributed by atoms with Crippen molar-refractivity contribution in [2.45, 2.75) is 65.2 Å². The summed E-state index contributed by atoms with van der Waals surface area (Å²) in [4.78, 5) is 0. The van der Waals surface area contributed by atoms with Gasteiger partial charge in [-0.3, -0.25) is 0 Å². The van der Waals surface area contributed by atoms with E-state index in [-0.39, 0.29) is 10.8 Å². The Kier molecular flexibility index (Phi) is 10.3. The molecule has 0 aromatic heterocycles. The van der Waals surface area contributed by atoms with Gasteiger partial charge >= 0.3 is 0 Å². The first-order valence-corrected chi connectivity index (χ1v) is 20.6. The van der Waals surface area contributed by atoms with Crippen LogP contribution < -0.4 is 0 Å². The Morgan fingerprint density at radius 3 is 1.91 bits per heavy atom. The summed E-state index contributed by atoms with van der Waals surface area (Å²) in [6, 6.07) is 51.3. The van der Waals surface area contributed by atoms with Crippen molar-refractivity contribution in [2.24, 2.45) is 5.92 Å². The summed E-state index contributed by atoms with van der Waals surface area (Å²) >= 11 is 0. The highest BCUT2D eigenvalue weighted by Crippen LogP contribution is 2.55. The molecule has 3 aliphatic rings. The van der Waals surface area contributed by atoms with E-state index < -0.39 is 0 Å². The molecule has 57 heavy (non-hydrogen) atoms. The Labute approximate surface area is 341 Å². The Morgan fingerprint density at radius 1 is 0.649 bits per heavy atom. The van der Waals surface area contributed by atoms with Crippen molar-refractivity contribution in [3.05, 3.63) is 227 Å². The Morgan fingerprint density at radius 2 is 1.25 bits per heavy atom. The third-order valence-corrected chi connectivity index (χ3v) is 12.7. The van der Waals surface area contributed by atoms with Gasteiger partial charge in [0.2, 0.25) is 0 Å². The van der Waals surface area contributed by atoms with Crippen LogP contribution in [0.4, 0.5) is 0 Å². The molecule has 3 aliphatic carbocycles. The highest BCUT2D eigenvalue weighted by molar-refractivity contribution is 5.92. The predicted octanol–water partition coefficient (Wildman–Crippen LogP) is 15.4. The molecule has 0 saturated carbocycles. The molecule has 0 heteroatoms. The van der Waals surface area contributed by atoms with Gasteiger partial charge in [-0.2, -0.15) is 0 Å². The van der Waals surface area contributed by atoms with E-state index in [0.29, 0.717) is 5.92 Å². The molecule has 0 radical (unpaired) electrons. The second-order valence-corrected chi connectivity index (χ2v) is 17.0. The summed E-state index contributed by atoms with van der Waals surface area (Å²) in [5, 5.41) is 0. The number of allylic oxidation sites excluding steroid dienone is 9. The lowest BCUT2D eigenvalue weighted by Crippen LogP contribution is -2.24. The fraction of sp³-hybridized carbons (Fsp3) is 0.193. The van der Waals surface area contributed by atoms with Crippen molar-refractivity contribution in [1.29, 1.82) is 0 Å². The molecule has 6 aromatic carbocycles. The van der Waals surface area contributed by atoms with E-state index in [0.717, 1.165) is 18.4 Å². The molecule has 0 nitrogen and oxygen atoms in total. The Bertz CT molecular complexity index is 2570. The van der Waals surface area contributed by atoms with Crippen LogP contribution in [0.5, 0.6) is 0 Å². The first-order valence-electron chi connectivity index (χ1n) is 20.6. The fourth-order valence-electron chi connectivity index (χ4n) is 9.47. The molecular weight excluding hydrogens is 685 g/mol. The van der Waals surface area contributed by atoms with Gasteiger partial charge in [0.25, 0.3) is 0 Å². The van der Waals surface area contributed by atoms with Crippen LogP contribution in [0.15, 0.2) is 188 Å². The third kappa shape index (κ3) is 7.15. The van der Waals surface area contributed by atoms with Crippen LogP contribution in [0.1, 0.15) is 86.9 Å². The van der Waals surface area contributed by atoms with Crippen molar-refractivity contribution in [3.8, 4) is 33.4 Å². The van der Waals surface area contributed by atoms with Crippen LogP contribution in [0.3, 0.4) is 0 Å². The van der Waals surface area contributed by atoms with Crippen LogP contribution in [0, 0.1) is 5.92 Å². The van der Waals surface area contributed by atoms with E-state index in [9.17, 15) is 0 Å². The average Bonchev–Trinajstić information content (AvgIpc) is 3.62. The zero-order chi connectivity index (χ0) is 39.7.